The van der Waals surface area contributed by atoms with Gasteiger partial charge in [0.25, 0.3) is 0 Å². The van der Waals surface area contributed by atoms with Crippen molar-refractivity contribution in [3.05, 3.63) is 35.5 Å². The normalized spacial score (nSPS) is 13.3. The van der Waals surface area contributed by atoms with E-state index in [0.717, 1.165) is 29.4 Å². The van der Waals surface area contributed by atoms with Crippen LogP contribution in [0.3, 0.4) is 0 Å². The van der Waals surface area contributed by atoms with Crippen molar-refractivity contribution in [2.45, 2.75) is 12.8 Å². The first kappa shape index (κ1) is 10.4. The molecular formula is C14H13N5. The Morgan fingerprint density at radius 2 is 1.89 bits per heavy atom. The molecule has 2 aromatic heterocycles. The van der Waals surface area contributed by atoms with E-state index in [0.29, 0.717) is 5.82 Å². The SMILES string of the molecule is Nc1nc(N)c2c3c([nH]c2n1)CCc1ccccc1-3. The molecule has 1 aromatic carbocycles. The molecule has 0 bridgehead atoms. The Bertz CT molecular complexity index is 803. The smallest absolute Gasteiger partial charge is 0.223 e. The van der Waals surface area contributed by atoms with Gasteiger partial charge in [-0.1, -0.05) is 24.3 Å². The number of rotatable bonds is 0. The van der Waals surface area contributed by atoms with E-state index in [2.05, 4.69) is 33.2 Å². The largest absolute Gasteiger partial charge is 0.383 e. The summed E-state index contributed by atoms with van der Waals surface area (Å²) >= 11 is 0. The molecule has 0 saturated carbocycles. The minimum Gasteiger partial charge on any atom is -0.383 e. The number of anilines is 2. The highest BCUT2D eigenvalue weighted by Gasteiger charge is 2.23. The zero-order valence-corrected chi connectivity index (χ0v) is 10.3. The lowest BCUT2D eigenvalue weighted by Crippen LogP contribution is -2.03. The summed E-state index contributed by atoms with van der Waals surface area (Å²) in [7, 11) is 0. The van der Waals surface area contributed by atoms with Crippen LogP contribution in [0, 0.1) is 0 Å². The lowest BCUT2D eigenvalue weighted by molar-refractivity contribution is 0.912. The number of nitrogen functional groups attached to an aromatic ring is 2. The molecule has 0 spiro atoms. The number of hydrogen-bond donors (Lipinski definition) is 3. The molecule has 2 heterocycles. The van der Waals surface area contributed by atoms with Crippen LogP contribution >= 0.6 is 0 Å². The van der Waals surface area contributed by atoms with Gasteiger partial charge in [0, 0.05) is 11.3 Å². The van der Waals surface area contributed by atoms with E-state index in [1.54, 1.807) is 0 Å². The van der Waals surface area contributed by atoms with Crippen LogP contribution in [0.15, 0.2) is 24.3 Å². The van der Waals surface area contributed by atoms with Crippen molar-refractivity contribution in [1.29, 1.82) is 0 Å². The second-order valence-corrected chi connectivity index (χ2v) is 4.83. The third-order valence-corrected chi connectivity index (χ3v) is 3.71. The van der Waals surface area contributed by atoms with Gasteiger partial charge in [-0.25, -0.2) is 0 Å². The minimum atomic E-state index is 0.205. The van der Waals surface area contributed by atoms with Gasteiger partial charge in [0.2, 0.25) is 5.95 Å². The summed E-state index contributed by atoms with van der Waals surface area (Å²) in [6.07, 6.45) is 1.99. The Labute approximate surface area is 109 Å². The van der Waals surface area contributed by atoms with Gasteiger partial charge in [0.15, 0.2) is 0 Å². The van der Waals surface area contributed by atoms with E-state index >= 15 is 0 Å². The first-order valence-corrected chi connectivity index (χ1v) is 6.26. The Balaban J connectivity index is 2.15. The maximum absolute atomic E-state index is 6.03. The van der Waals surface area contributed by atoms with Crippen LogP contribution in [-0.4, -0.2) is 15.0 Å². The summed E-state index contributed by atoms with van der Waals surface area (Å²) in [5, 5.41) is 0.886. The average molecular weight is 251 g/mol. The lowest BCUT2D eigenvalue weighted by Gasteiger charge is -2.16. The lowest BCUT2D eigenvalue weighted by atomic mass is 9.88. The molecule has 0 saturated heterocycles. The molecule has 4 rings (SSSR count). The summed E-state index contributed by atoms with van der Waals surface area (Å²) in [4.78, 5) is 11.7. The quantitative estimate of drug-likeness (QED) is 0.568. The van der Waals surface area contributed by atoms with Gasteiger partial charge in [-0.2, -0.15) is 9.97 Å². The molecule has 94 valence electrons. The summed E-state index contributed by atoms with van der Waals surface area (Å²) < 4.78 is 0. The number of aromatic amines is 1. The van der Waals surface area contributed by atoms with Gasteiger partial charge < -0.3 is 16.5 Å². The Kier molecular flexibility index (Phi) is 1.90. The number of aryl methyl sites for hydroxylation is 2. The van der Waals surface area contributed by atoms with Crippen LogP contribution in [0.4, 0.5) is 11.8 Å². The molecule has 0 unspecified atom stereocenters. The Morgan fingerprint density at radius 1 is 1.05 bits per heavy atom. The third kappa shape index (κ3) is 1.35. The predicted octanol–water partition coefficient (Wildman–Crippen LogP) is 1.89. The monoisotopic (exact) mass is 251 g/mol. The Morgan fingerprint density at radius 3 is 2.79 bits per heavy atom. The van der Waals surface area contributed by atoms with E-state index in [4.69, 9.17) is 11.5 Å². The van der Waals surface area contributed by atoms with E-state index in [1.165, 1.54) is 16.8 Å². The molecule has 0 amide bonds. The van der Waals surface area contributed by atoms with Crippen molar-refractivity contribution in [1.82, 2.24) is 15.0 Å². The second kappa shape index (κ2) is 3.47. The highest BCUT2D eigenvalue weighted by molar-refractivity contribution is 6.03. The number of hydrogen-bond acceptors (Lipinski definition) is 4. The summed E-state index contributed by atoms with van der Waals surface area (Å²) in [6, 6.07) is 8.39. The molecule has 5 nitrogen and oxygen atoms in total. The van der Waals surface area contributed by atoms with Crippen molar-refractivity contribution in [2.24, 2.45) is 0 Å². The Hall–Kier alpha value is -2.56. The topological polar surface area (TPSA) is 93.6 Å². The number of aromatic nitrogens is 3. The van der Waals surface area contributed by atoms with Crippen LogP contribution in [0.1, 0.15) is 11.3 Å². The molecule has 0 radical (unpaired) electrons. The van der Waals surface area contributed by atoms with Crippen molar-refractivity contribution < 1.29 is 0 Å². The standard InChI is InChI=1S/C14H13N5/c15-12-11-10-8-4-2-1-3-7(8)5-6-9(10)17-13(11)19-14(16)18-12/h1-4H,5-6H2,(H5,15,16,17,18,19). The van der Waals surface area contributed by atoms with Gasteiger partial charge in [-0.15, -0.1) is 0 Å². The van der Waals surface area contributed by atoms with E-state index < -0.39 is 0 Å². The fraction of sp³-hybridized carbons (Fsp3) is 0.143. The van der Waals surface area contributed by atoms with Gasteiger partial charge in [0.1, 0.15) is 11.5 Å². The maximum Gasteiger partial charge on any atom is 0.223 e. The molecule has 0 fully saturated rings. The van der Waals surface area contributed by atoms with Crippen molar-refractivity contribution in [3.63, 3.8) is 0 Å². The van der Waals surface area contributed by atoms with E-state index in [1.807, 2.05) is 6.07 Å². The fourth-order valence-corrected chi connectivity index (χ4v) is 2.92. The highest BCUT2D eigenvalue weighted by atomic mass is 15.1. The molecule has 3 aromatic rings. The summed E-state index contributed by atoms with van der Waals surface area (Å²) in [6.45, 7) is 0. The van der Waals surface area contributed by atoms with Crippen LogP contribution in [0.5, 0.6) is 0 Å². The molecule has 0 aliphatic heterocycles. The molecule has 5 N–H and O–H groups in total. The van der Waals surface area contributed by atoms with Crippen molar-refractivity contribution in [2.75, 3.05) is 11.5 Å². The zero-order valence-electron chi connectivity index (χ0n) is 10.3. The number of fused-ring (bicyclic) bond motifs is 5. The summed E-state index contributed by atoms with van der Waals surface area (Å²) in [5.74, 6) is 0.647. The number of nitrogens with one attached hydrogen (secondary N) is 1. The van der Waals surface area contributed by atoms with Gasteiger partial charge in [-0.05, 0) is 24.0 Å². The molecular weight excluding hydrogens is 238 g/mol. The molecule has 1 aliphatic carbocycles. The minimum absolute atomic E-state index is 0.205. The van der Waals surface area contributed by atoms with Crippen LogP contribution < -0.4 is 11.5 Å². The molecule has 19 heavy (non-hydrogen) atoms. The second-order valence-electron chi connectivity index (χ2n) is 4.83. The number of H-pyrrole nitrogens is 1. The maximum atomic E-state index is 6.03. The zero-order chi connectivity index (χ0) is 13.0. The highest BCUT2D eigenvalue weighted by Crippen LogP contribution is 2.40. The van der Waals surface area contributed by atoms with Crippen molar-refractivity contribution >= 4 is 22.8 Å². The van der Waals surface area contributed by atoms with E-state index in [9.17, 15) is 0 Å². The fourth-order valence-electron chi connectivity index (χ4n) is 2.92. The van der Waals surface area contributed by atoms with Crippen LogP contribution in [0.2, 0.25) is 0 Å². The average Bonchev–Trinajstić information content (AvgIpc) is 2.77. The predicted molar refractivity (Wildman–Crippen MR) is 75.6 cm³/mol. The first-order valence-electron chi connectivity index (χ1n) is 6.26. The first-order chi connectivity index (χ1) is 9.24. The molecule has 0 atom stereocenters. The van der Waals surface area contributed by atoms with Crippen molar-refractivity contribution in [3.8, 4) is 11.1 Å². The molecule has 5 heteroatoms. The number of nitrogens with zero attached hydrogens (tertiary/aromatic N) is 2. The molecule has 1 aliphatic rings. The summed E-state index contributed by atoms with van der Waals surface area (Å²) in [5.41, 5.74) is 17.3. The van der Waals surface area contributed by atoms with Crippen LogP contribution in [0.25, 0.3) is 22.2 Å². The third-order valence-electron chi connectivity index (χ3n) is 3.71. The van der Waals surface area contributed by atoms with Crippen LogP contribution in [-0.2, 0) is 12.8 Å². The van der Waals surface area contributed by atoms with Gasteiger partial charge in [-0.3, -0.25) is 0 Å². The van der Waals surface area contributed by atoms with Gasteiger partial charge >= 0.3 is 0 Å². The van der Waals surface area contributed by atoms with E-state index in [-0.39, 0.29) is 5.95 Å². The van der Waals surface area contributed by atoms with Gasteiger partial charge in [0.05, 0.1) is 5.39 Å². The number of benzene rings is 1. The number of nitrogens with two attached hydrogens (primary N) is 2.